The molecule has 0 saturated carbocycles. The summed E-state index contributed by atoms with van der Waals surface area (Å²) in [5.74, 6) is -1.02. The van der Waals surface area contributed by atoms with Gasteiger partial charge in [-0.05, 0) is 31.3 Å². The molecule has 0 spiro atoms. The van der Waals surface area contributed by atoms with Crippen molar-refractivity contribution in [1.82, 2.24) is 24.9 Å². The molecule has 8 rings (SSSR count). The van der Waals surface area contributed by atoms with Gasteiger partial charge < -0.3 is 40.5 Å². The standard InChI is InChI=1S/2C20H15N4O5S.C3H9NO.Cr/c2*1-12-18(20(26)24(23-12)13-7-3-2-4-8-13)21-22-19-15-10-6-5-9-14(15)17(11-16(19)25)30(27,28)29;1-4-2-3-5;/h2*2-11,25H,1H3,(H,27,28,29);4-5H,2-3H2,1H3;/q2*-1;;/p+3. The number of aromatic hydroxyl groups is 2. The Balaban J connectivity index is 0.000000409. The van der Waals surface area contributed by atoms with Gasteiger partial charge in [0, 0.05) is 57.6 Å². The fourth-order valence-electron chi connectivity index (χ4n) is 6.29. The Hall–Kier alpha value is -7.07. The van der Waals surface area contributed by atoms with Crippen LogP contribution in [0.4, 0.5) is 22.7 Å². The van der Waals surface area contributed by atoms with E-state index in [0.717, 1.165) is 12.1 Å². The molecule has 23 heteroatoms. The number of nitrogens with one attached hydrogen (secondary N) is 1. The van der Waals surface area contributed by atoms with Crippen LogP contribution in [0.2, 0.25) is 0 Å². The van der Waals surface area contributed by atoms with E-state index in [1.807, 2.05) is 12.1 Å². The van der Waals surface area contributed by atoms with E-state index in [1.54, 1.807) is 93.7 Å². The maximum absolute atomic E-state index is 12.7. The van der Waals surface area contributed by atoms with Crippen molar-refractivity contribution in [3.63, 3.8) is 0 Å². The molecule has 0 radical (unpaired) electrons. The number of aliphatic hydroxyl groups excluding tert-OH is 1. The molecule has 0 atom stereocenters. The summed E-state index contributed by atoms with van der Waals surface area (Å²) in [6.45, 7) is 4.14. The summed E-state index contributed by atoms with van der Waals surface area (Å²) in [5.41, 5.74) is 0.741. The molecule has 2 aromatic heterocycles. The molecule has 0 aliphatic rings. The predicted octanol–water partition coefficient (Wildman–Crippen LogP) is 7.09. The average Bonchev–Trinajstić information content (AvgIpc) is 3.74. The van der Waals surface area contributed by atoms with Crippen LogP contribution in [0.3, 0.4) is 0 Å². The van der Waals surface area contributed by atoms with Gasteiger partial charge in [0.15, 0.2) is 0 Å². The maximum Gasteiger partial charge on any atom is 1.00 e. The molecule has 2 heterocycles. The van der Waals surface area contributed by atoms with Gasteiger partial charge >= 0.3 is 4.28 Å². The molecule has 66 heavy (non-hydrogen) atoms. The Morgan fingerprint density at radius 1 is 0.606 bits per heavy atom. The van der Waals surface area contributed by atoms with Gasteiger partial charge in [0.25, 0.3) is 20.2 Å². The topological polar surface area (TPSA) is 301 Å². The number of rotatable bonds is 10. The minimum atomic E-state index is -4.57. The molecule has 6 N–H and O–H groups in total. The number of likely N-dealkylation sites (N-methyl/N-ethyl adjacent to an activating group) is 1. The molecule has 20 nitrogen and oxygen atoms in total. The van der Waals surface area contributed by atoms with Crippen molar-refractivity contribution in [3.05, 3.63) is 153 Å². The second-order valence-electron chi connectivity index (χ2n) is 13.7. The molecule has 0 aliphatic heterocycles. The molecule has 0 amide bonds. The summed E-state index contributed by atoms with van der Waals surface area (Å²) in [6, 6.07) is 31.8. The Morgan fingerprint density at radius 2 is 0.939 bits per heavy atom. The number of phenolic OH excluding ortho intramolecular Hbond substituents is 2. The first-order valence-electron chi connectivity index (χ1n) is 19.1. The first-order valence-corrected chi connectivity index (χ1v) is 22.0. The average molecular weight is 977 g/mol. The summed E-state index contributed by atoms with van der Waals surface area (Å²) in [4.78, 5) is 24.5. The molecule has 0 saturated heterocycles. The van der Waals surface area contributed by atoms with Crippen LogP contribution in [0.15, 0.2) is 161 Å². The van der Waals surface area contributed by atoms with E-state index in [9.17, 15) is 45.7 Å². The zero-order chi connectivity index (χ0) is 47.1. The van der Waals surface area contributed by atoms with Crippen LogP contribution in [0, 0.1) is 13.8 Å². The van der Waals surface area contributed by atoms with Crippen LogP contribution in [0.5, 0.6) is 11.5 Å². The van der Waals surface area contributed by atoms with Crippen molar-refractivity contribution in [3.8, 4) is 22.9 Å². The third-order valence-corrected chi connectivity index (χ3v) is 11.1. The Labute approximate surface area is 391 Å². The fraction of sp³-hybridized carbons (Fsp3) is 0.116. The van der Waals surface area contributed by atoms with E-state index in [2.05, 4.69) is 36.0 Å². The van der Waals surface area contributed by atoms with Gasteiger partial charge in [0.1, 0.15) is 43.8 Å². The van der Waals surface area contributed by atoms with E-state index in [-0.39, 0.29) is 72.5 Å². The number of aliphatic hydroxyl groups is 1. The number of aryl methyl sites for hydroxylation is 2. The van der Waals surface area contributed by atoms with Crippen molar-refractivity contribution in [2.24, 2.45) is 20.5 Å². The Morgan fingerprint density at radius 3 is 1.24 bits per heavy atom. The van der Waals surface area contributed by atoms with Crippen molar-refractivity contribution in [2.45, 2.75) is 23.6 Å². The molecule has 0 unspecified atom stereocenters. The number of hydrogen-bond acceptors (Lipinski definition) is 16. The van der Waals surface area contributed by atoms with Gasteiger partial charge in [-0.25, -0.2) is 19.6 Å². The quantitative estimate of drug-likeness (QED) is 0.0453. The maximum atomic E-state index is 12.7. The van der Waals surface area contributed by atoms with Gasteiger partial charge in [0.2, 0.25) is 0 Å². The molecular weight excluding hydrogens is 935 g/mol. The Bertz CT molecular complexity index is 3220. The van der Waals surface area contributed by atoms with Gasteiger partial charge in [-0.2, -0.15) is 27.1 Å². The summed E-state index contributed by atoms with van der Waals surface area (Å²) in [7, 11) is -7.34. The number of benzene rings is 6. The van der Waals surface area contributed by atoms with Gasteiger partial charge in [0.05, 0.1) is 18.0 Å². The predicted molar refractivity (Wildman–Crippen MR) is 244 cm³/mol. The van der Waals surface area contributed by atoms with Crippen LogP contribution < -0.4 is 16.4 Å². The second-order valence-corrected chi connectivity index (χ2v) is 16.5. The first kappa shape index (κ1) is 49.9. The number of hydrogen-bond donors (Lipinski definition) is 6. The number of fused-ring (bicyclic) bond motifs is 2. The van der Waals surface area contributed by atoms with Crippen LogP contribution in [0.25, 0.3) is 32.9 Å². The summed E-state index contributed by atoms with van der Waals surface area (Å²) < 4.78 is 67.9. The van der Waals surface area contributed by atoms with E-state index >= 15 is 0 Å². The van der Waals surface area contributed by atoms with Gasteiger partial charge in [-0.15, -0.1) is 11.4 Å². The molecule has 0 aliphatic carbocycles. The van der Waals surface area contributed by atoms with Crippen molar-refractivity contribution >= 4 is 64.5 Å². The van der Waals surface area contributed by atoms with E-state index in [0.29, 0.717) is 29.3 Å². The van der Waals surface area contributed by atoms with Crippen LogP contribution in [-0.2, 0) is 37.6 Å². The van der Waals surface area contributed by atoms with E-state index < -0.39 is 52.6 Å². The second kappa shape index (κ2) is 21.3. The van der Waals surface area contributed by atoms with E-state index in [4.69, 9.17) is 5.11 Å². The minimum Gasteiger partial charge on any atom is -0.506 e. The van der Waals surface area contributed by atoms with Gasteiger partial charge in [-0.1, -0.05) is 110 Å². The number of para-hydroxylation sites is 2. The molecule has 342 valence electrons. The van der Waals surface area contributed by atoms with Crippen LogP contribution >= 0.6 is 0 Å². The SMILES string of the molecule is CNCCO.Cc1nn(-c2ccccc2)c(=O)[c-]1N=Nc1c(O)cc(S(=O)(=O)O)c2ccccc12.Cc1nn(-c2ccccc2)c(=O)[c-]1N=Nc1c(O)cc(S(=O)(=O)O)c2ccccc12.[Cr].[H+].[H+].[H+]. The molecule has 0 bridgehead atoms. The molecule has 8 aromatic rings. The molecule has 6 aromatic carbocycles. The normalized spacial score (nSPS) is 11.6. The zero-order valence-corrected chi connectivity index (χ0v) is 37.9. The van der Waals surface area contributed by atoms with Crippen LogP contribution in [-0.4, -0.2) is 81.0 Å². The third kappa shape index (κ3) is 11.1. The largest absolute Gasteiger partial charge is 1.00 e. The van der Waals surface area contributed by atoms with E-state index in [1.165, 1.54) is 33.6 Å². The number of azo groups is 2. The van der Waals surface area contributed by atoms with Crippen molar-refractivity contribution in [2.75, 3.05) is 20.2 Å². The summed E-state index contributed by atoms with van der Waals surface area (Å²) in [5, 5.41) is 56.6. The monoisotopic (exact) mass is 976 g/mol. The third-order valence-electron chi connectivity index (χ3n) is 9.31. The number of nitrogens with zero attached hydrogens (tertiary/aromatic N) is 8. The number of aromatic nitrogens is 4. The summed E-state index contributed by atoms with van der Waals surface area (Å²) >= 11 is 0. The fourth-order valence-corrected chi connectivity index (χ4v) is 7.72. The van der Waals surface area contributed by atoms with Gasteiger partial charge in [-0.3, -0.25) is 9.11 Å². The summed E-state index contributed by atoms with van der Waals surface area (Å²) in [6.07, 6.45) is 0. The first-order chi connectivity index (χ1) is 31.0. The smallest absolute Gasteiger partial charge is 0.506 e. The van der Waals surface area contributed by atoms with Crippen molar-refractivity contribution < 1.29 is 62.9 Å². The minimum absolute atomic E-state index is 0. The zero-order valence-electron chi connectivity index (χ0n) is 37.9. The molecular formula is C43H42CrN9O11S2+. The molecule has 0 fully saturated rings. The number of phenols is 2. The van der Waals surface area contributed by atoms with Crippen molar-refractivity contribution in [1.29, 1.82) is 0 Å². The van der Waals surface area contributed by atoms with Crippen LogP contribution in [0.1, 0.15) is 15.7 Å². The Kier molecular flexibility index (Phi) is 16.1.